The third kappa shape index (κ3) is 5.49. The molecule has 158 valence electrons. The second kappa shape index (κ2) is 9.91. The summed E-state index contributed by atoms with van der Waals surface area (Å²) in [6.45, 7) is 2.11. The average Bonchev–Trinajstić information content (AvgIpc) is 3.33. The van der Waals surface area contributed by atoms with Crippen molar-refractivity contribution in [2.45, 2.75) is 13.0 Å². The van der Waals surface area contributed by atoms with E-state index in [0.717, 1.165) is 19.5 Å². The van der Waals surface area contributed by atoms with Crippen LogP contribution in [-0.2, 0) is 11.3 Å². The SMILES string of the molecule is O=C(CN1CC=C(c2ccccc2)CC1)Nc1ccccc1C(=O)NCc1ccco1. The van der Waals surface area contributed by atoms with Gasteiger partial charge in [-0.25, -0.2) is 0 Å². The second-order valence-electron chi connectivity index (χ2n) is 7.44. The largest absolute Gasteiger partial charge is 0.467 e. The van der Waals surface area contributed by atoms with Crippen molar-refractivity contribution in [1.29, 1.82) is 0 Å². The molecule has 0 radical (unpaired) electrons. The van der Waals surface area contributed by atoms with E-state index in [1.54, 1.807) is 42.7 Å². The normalized spacial score (nSPS) is 14.0. The zero-order chi connectivity index (χ0) is 21.5. The van der Waals surface area contributed by atoms with Gasteiger partial charge in [0.1, 0.15) is 5.76 Å². The van der Waals surface area contributed by atoms with Crippen molar-refractivity contribution in [2.24, 2.45) is 0 Å². The summed E-state index contributed by atoms with van der Waals surface area (Å²) < 4.78 is 5.24. The summed E-state index contributed by atoms with van der Waals surface area (Å²) in [5.74, 6) is 0.270. The van der Waals surface area contributed by atoms with Crippen LogP contribution in [0.4, 0.5) is 5.69 Å². The highest BCUT2D eigenvalue weighted by atomic mass is 16.3. The van der Waals surface area contributed by atoms with Gasteiger partial charge in [-0.3, -0.25) is 14.5 Å². The Morgan fingerprint density at radius 3 is 2.52 bits per heavy atom. The first-order valence-corrected chi connectivity index (χ1v) is 10.4. The molecule has 2 aromatic carbocycles. The molecule has 6 heteroatoms. The maximum Gasteiger partial charge on any atom is 0.253 e. The topological polar surface area (TPSA) is 74.6 Å². The minimum absolute atomic E-state index is 0.136. The number of amides is 2. The molecule has 1 aromatic heterocycles. The van der Waals surface area contributed by atoms with Gasteiger partial charge in [-0.1, -0.05) is 48.5 Å². The molecule has 0 bridgehead atoms. The van der Waals surface area contributed by atoms with Crippen molar-refractivity contribution < 1.29 is 14.0 Å². The summed E-state index contributed by atoms with van der Waals surface area (Å²) in [6, 6.07) is 20.9. The maximum atomic E-state index is 12.6. The van der Waals surface area contributed by atoms with Gasteiger partial charge in [0.15, 0.2) is 0 Å². The fourth-order valence-electron chi connectivity index (χ4n) is 3.63. The Kier molecular flexibility index (Phi) is 6.59. The molecule has 2 N–H and O–H groups in total. The van der Waals surface area contributed by atoms with Crippen LogP contribution in [0.5, 0.6) is 0 Å². The lowest BCUT2D eigenvalue weighted by molar-refractivity contribution is -0.117. The van der Waals surface area contributed by atoms with Crippen LogP contribution >= 0.6 is 0 Å². The first-order chi connectivity index (χ1) is 15.2. The van der Waals surface area contributed by atoms with Crippen LogP contribution in [0.2, 0.25) is 0 Å². The van der Waals surface area contributed by atoms with Crippen molar-refractivity contribution in [2.75, 3.05) is 25.0 Å². The Hall–Kier alpha value is -3.64. The number of furan rings is 1. The molecule has 6 nitrogen and oxygen atoms in total. The molecule has 0 aliphatic carbocycles. The van der Waals surface area contributed by atoms with Crippen molar-refractivity contribution in [3.05, 3.63) is 96.0 Å². The van der Waals surface area contributed by atoms with E-state index in [-0.39, 0.29) is 24.9 Å². The van der Waals surface area contributed by atoms with Crippen LogP contribution in [0, 0.1) is 0 Å². The number of nitrogens with one attached hydrogen (secondary N) is 2. The van der Waals surface area contributed by atoms with Crippen molar-refractivity contribution >= 4 is 23.1 Å². The summed E-state index contributed by atoms with van der Waals surface area (Å²) in [4.78, 5) is 27.3. The van der Waals surface area contributed by atoms with E-state index < -0.39 is 0 Å². The molecule has 0 unspecified atom stereocenters. The Morgan fingerprint density at radius 2 is 1.77 bits per heavy atom. The minimum atomic E-state index is -0.263. The highest BCUT2D eigenvalue weighted by Crippen LogP contribution is 2.22. The highest BCUT2D eigenvalue weighted by molar-refractivity contribution is 6.04. The Labute approximate surface area is 181 Å². The Morgan fingerprint density at radius 1 is 0.968 bits per heavy atom. The molecule has 0 spiro atoms. The predicted molar refractivity (Wildman–Crippen MR) is 120 cm³/mol. The summed E-state index contributed by atoms with van der Waals surface area (Å²) >= 11 is 0. The first-order valence-electron chi connectivity index (χ1n) is 10.4. The van der Waals surface area contributed by atoms with Crippen LogP contribution in [0.1, 0.15) is 28.1 Å². The third-order valence-electron chi connectivity index (χ3n) is 5.25. The number of nitrogens with zero attached hydrogens (tertiary/aromatic N) is 1. The number of hydrogen-bond acceptors (Lipinski definition) is 4. The molecular formula is C25H25N3O3. The van der Waals surface area contributed by atoms with Gasteiger partial charge in [0.05, 0.1) is 30.6 Å². The van der Waals surface area contributed by atoms with Gasteiger partial charge >= 0.3 is 0 Å². The molecule has 3 aromatic rings. The molecule has 2 amide bonds. The Bertz CT molecular complexity index is 1060. The lowest BCUT2D eigenvalue weighted by Gasteiger charge is -2.26. The van der Waals surface area contributed by atoms with E-state index in [4.69, 9.17) is 4.42 Å². The van der Waals surface area contributed by atoms with Gasteiger partial charge in [0.2, 0.25) is 5.91 Å². The monoisotopic (exact) mass is 415 g/mol. The molecule has 4 rings (SSSR count). The first kappa shape index (κ1) is 20.6. The van der Waals surface area contributed by atoms with Gasteiger partial charge in [-0.2, -0.15) is 0 Å². The van der Waals surface area contributed by atoms with E-state index in [1.165, 1.54) is 11.1 Å². The summed E-state index contributed by atoms with van der Waals surface area (Å²) in [6.07, 6.45) is 4.65. The van der Waals surface area contributed by atoms with Gasteiger partial charge in [0, 0.05) is 13.1 Å². The number of benzene rings is 2. The molecule has 1 aliphatic heterocycles. The van der Waals surface area contributed by atoms with Crippen LogP contribution in [0.15, 0.2) is 83.5 Å². The second-order valence-corrected chi connectivity index (χ2v) is 7.44. The van der Waals surface area contributed by atoms with Crippen LogP contribution in [-0.4, -0.2) is 36.3 Å². The van der Waals surface area contributed by atoms with Crippen LogP contribution in [0.3, 0.4) is 0 Å². The molecule has 0 atom stereocenters. The zero-order valence-corrected chi connectivity index (χ0v) is 17.2. The number of carbonyl (C=O) groups is 2. The van der Waals surface area contributed by atoms with Crippen LogP contribution < -0.4 is 10.6 Å². The minimum Gasteiger partial charge on any atom is -0.467 e. The Balaban J connectivity index is 1.33. The molecule has 0 fully saturated rings. The predicted octanol–water partition coefficient (Wildman–Crippen LogP) is 3.94. The van der Waals surface area contributed by atoms with E-state index in [0.29, 0.717) is 17.0 Å². The number of para-hydroxylation sites is 1. The maximum absolute atomic E-state index is 12.6. The molecule has 2 heterocycles. The van der Waals surface area contributed by atoms with Crippen molar-refractivity contribution in [3.63, 3.8) is 0 Å². The average molecular weight is 415 g/mol. The smallest absolute Gasteiger partial charge is 0.253 e. The standard InChI is InChI=1S/C25H25N3O3/c29-24(18-28-14-12-20(13-15-28)19-7-2-1-3-8-19)27-23-11-5-4-10-22(23)25(30)26-17-21-9-6-16-31-21/h1-12,16H,13-15,17-18H2,(H,26,30)(H,27,29). The van der Waals surface area contributed by atoms with E-state index in [9.17, 15) is 9.59 Å². The van der Waals surface area contributed by atoms with Gasteiger partial charge in [-0.05, 0) is 41.8 Å². The van der Waals surface area contributed by atoms with E-state index in [1.807, 2.05) is 18.2 Å². The van der Waals surface area contributed by atoms with E-state index >= 15 is 0 Å². The van der Waals surface area contributed by atoms with E-state index in [2.05, 4.69) is 33.7 Å². The number of anilines is 1. The molecule has 1 aliphatic rings. The van der Waals surface area contributed by atoms with Crippen LogP contribution in [0.25, 0.3) is 5.57 Å². The zero-order valence-electron chi connectivity index (χ0n) is 17.2. The third-order valence-corrected chi connectivity index (χ3v) is 5.25. The number of carbonyl (C=O) groups excluding carboxylic acids is 2. The number of hydrogen-bond donors (Lipinski definition) is 2. The lowest BCUT2D eigenvalue weighted by Crippen LogP contribution is -2.36. The molecule has 31 heavy (non-hydrogen) atoms. The highest BCUT2D eigenvalue weighted by Gasteiger charge is 2.18. The summed E-state index contributed by atoms with van der Waals surface area (Å²) in [5.41, 5.74) is 3.48. The fourth-order valence-corrected chi connectivity index (χ4v) is 3.63. The van der Waals surface area contributed by atoms with Gasteiger partial charge in [0.25, 0.3) is 5.91 Å². The fraction of sp³-hybridized carbons (Fsp3) is 0.200. The van der Waals surface area contributed by atoms with Crippen molar-refractivity contribution in [3.8, 4) is 0 Å². The summed E-state index contributed by atoms with van der Waals surface area (Å²) in [5, 5.41) is 5.70. The van der Waals surface area contributed by atoms with Gasteiger partial charge in [-0.15, -0.1) is 0 Å². The van der Waals surface area contributed by atoms with Gasteiger partial charge < -0.3 is 15.1 Å². The summed E-state index contributed by atoms with van der Waals surface area (Å²) in [7, 11) is 0. The van der Waals surface area contributed by atoms with Crippen molar-refractivity contribution in [1.82, 2.24) is 10.2 Å². The quantitative estimate of drug-likeness (QED) is 0.613. The number of rotatable bonds is 7. The molecular weight excluding hydrogens is 390 g/mol. The molecule has 0 saturated heterocycles. The lowest BCUT2D eigenvalue weighted by atomic mass is 10.00. The molecule has 0 saturated carbocycles.